The fourth-order valence-electron chi connectivity index (χ4n) is 2.24. The summed E-state index contributed by atoms with van der Waals surface area (Å²) in [6, 6.07) is 2.59. The Morgan fingerprint density at radius 1 is 1.60 bits per heavy atom. The van der Waals surface area contributed by atoms with Gasteiger partial charge in [-0.25, -0.2) is 0 Å². The van der Waals surface area contributed by atoms with Crippen LogP contribution in [0.2, 0.25) is 0 Å². The van der Waals surface area contributed by atoms with Crippen LogP contribution in [0.15, 0.2) is 12.3 Å². The highest BCUT2D eigenvalue weighted by molar-refractivity contribution is 5.06. The van der Waals surface area contributed by atoms with Gasteiger partial charge in [0, 0.05) is 13.2 Å². The topological polar surface area (TPSA) is 29.9 Å². The Hall–Kier alpha value is -0.830. The second kappa shape index (κ2) is 4.79. The summed E-state index contributed by atoms with van der Waals surface area (Å²) in [5.41, 5.74) is 1.20. The highest BCUT2D eigenvalue weighted by Gasteiger charge is 2.23. The van der Waals surface area contributed by atoms with Gasteiger partial charge in [0.2, 0.25) is 0 Å². The van der Waals surface area contributed by atoms with Crippen molar-refractivity contribution in [3.05, 3.63) is 18.0 Å². The zero-order chi connectivity index (χ0) is 10.7. The van der Waals surface area contributed by atoms with Crippen molar-refractivity contribution in [3.63, 3.8) is 0 Å². The number of aromatic nitrogens is 2. The average Bonchev–Trinajstić information content (AvgIpc) is 2.56. The molecule has 0 radical (unpaired) electrons. The van der Waals surface area contributed by atoms with E-state index in [9.17, 15) is 0 Å². The van der Waals surface area contributed by atoms with Crippen LogP contribution in [0.5, 0.6) is 0 Å². The quantitative estimate of drug-likeness (QED) is 0.802. The third-order valence-corrected chi connectivity index (χ3v) is 3.34. The van der Waals surface area contributed by atoms with E-state index in [1.54, 1.807) is 0 Å². The Bertz CT molecular complexity index is 302. The minimum atomic E-state index is 0.460. The molecule has 1 aromatic heterocycles. The number of aryl methyl sites for hydroxylation is 1. The van der Waals surface area contributed by atoms with Crippen LogP contribution in [0, 0.1) is 5.92 Å². The van der Waals surface area contributed by atoms with E-state index in [-0.39, 0.29) is 0 Å². The summed E-state index contributed by atoms with van der Waals surface area (Å²) < 4.78 is 1.89. The van der Waals surface area contributed by atoms with Gasteiger partial charge in [-0.1, -0.05) is 26.2 Å². The van der Waals surface area contributed by atoms with Crippen molar-refractivity contribution in [2.24, 2.45) is 13.0 Å². The molecule has 3 nitrogen and oxygen atoms in total. The minimum absolute atomic E-state index is 0.460. The summed E-state index contributed by atoms with van der Waals surface area (Å²) in [7, 11) is 1.98. The molecule has 0 aliphatic heterocycles. The summed E-state index contributed by atoms with van der Waals surface area (Å²) in [4.78, 5) is 0. The molecule has 1 aliphatic carbocycles. The molecule has 15 heavy (non-hydrogen) atoms. The monoisotopic (exact) mass is 207 g/mol. The fourth-order valence-corrected chi connectivity index (χ4v) is 2.24. The lowest BCUT2D eigenvalue weighted by molar-refractivity contribution is 0.260. The molecule has 2 rings (SSSR count). The molecule has 1 atom stereocenters. The van der Waals surface area contributed by atoms with Crippen molar-refractivity contribution in [1.82, 2.24) is 15.1 Å². The molecule has 1 aromatic rings. The van der Waals surface area contributed by atoms with Gasteiger partial charge in [-0.3, -0.25) is 4.68 Å². The lowest BCUT2D eigenvalue weighted by Gasteiger charge is -2.29. The molecule has 0 bridgehead atoms. The Labute approximate surface area is 91.9 Å². The van der Waals surface area contributed by atoms with Crippen LogP contribution in [0.3, 0.4) is 0 Å². The minimum Gasteiger partial charge on any atom is -0.309 e. The molecular weight excluding hydrogens is 186 g/mol. The summed E-state index contributed by atoms with van der Waals surface area (Å²) in [6.45, 7) is 3.19. The zero-order valence-electron chi connectivity index (χ0n) is 9.74. The van der Waals surface area contributed by atoms with Crippen LogP contribution in [0.4, 0.5) is 0 Å². The molecule has 0 aromatic carbocycles. The molecule has 1 N–H and O–H groups in total. The maximum atomic E-state index is 4.50. The van der Waals surface area contributed by atoms with E-state index in [0.717, 1.165) is 12.5 Å². The molecule has 0 saturated heterocycles. The molecule has 0 spiro atoms. The Morgan fingerprint density at radius 2 is 2.40 bits per heavy atom. The summed E-state index contributed by atoms with van der Waals surface area (Å²) >= 11 is 0. The standard InChI is InChI=1S/C12H21N3/c1-3-13-12(9-10-5-4-6-10)11-7-8-15(2)14-11/h7-8,10,12-13H,3-6,9H2,1-2H3. The molecule has 84 valence electrons. The largest absolute Gasteiger partial charge is 0.309 e. The van der Waals surface area contributed by atoms with Crippen LogP contribution in [-0.2, 0) is 7.05 Å². The third-order valence-electron chi connectivity index (χ3n) is 3.34. The van der Waals surface area contributed by atoms with E-state index in [1.807, 2.05) is 17.9 Å². The summed E-state index contributed by atoms with van der Waals surface area (Å²) in [5, 5.41) is 8.03. The van der Waals surface area contributed by atoms with Gasteiger partial charge >= 0.3 is 0 Å². The summed E-state index contributed by atoms with van der Waals surface area (Å²) in [5.74, 6) is 0.927. The van der Waals surface area contributed by atoms with Crippen LogP contribution in [0.25, 0.3) is 0 Å². The predicted octanol–water partition coefficient (Wildman–Crippen LogP) is 2.26. The first-order valence-corrected chi connectivity index (χ1v) is 6.02. The van der Waals surface area contributed by atoms with Gasteiger partial charge in [0.25, 0.3) is 0 Å². The van der Waals surface area contributed by atoms with Crippen LogP contribution in [-0.4, -0.2) is 16.3 Å². The first-order valence-electron chi connectivity index (χ1n) is 6.02. The highest BCUT2D eigenvalue weighted by Crippen LogP contribution is 2.34. The molecule has 1 saturated carbocycles. The van der Waals surface area contributed by atoms with E-state index in [1.165, 1.54) is 31.4 Å². The maximum Gasteiger partial charge on any atom is 0.0793 e. The fraction of sp³-hybridized carbons (Fsp3) is 0.750. The second-order valence-corrected chi connectivity index (χ2v) is 4.56. The van der Waals surface area contributed by atoms with Crippen LogP contribution >= 0.6 is 0 Å². The van der Waals surface area contributed by atoms with E-state index in [4.69, 9.17) is 0 Å². The SMILES string of the molecule is CCNC(CC1CCC1)c1ccn(C)n1. The zero-order valence-corrected chi connectivity index (χ0v) is 9.74. The lowest BCUT2D eigenvalue weighted by Crippen LogP contribution is -2.26. The predicted molar refractivity (Wildman–Crippen MR) is 61.6 cm³/mol. The highest BCUT2D eigenvalue weighted by atomic mass is 15.3. The van der Waals surface area contributed by atoms with Crippen LogP contribution < -0.4 is 5.32 Å². The van der Waals surface area contributed by atoms with E-state index >= 15 is 0 Å². The molecule has 1 fully saturated rings. The molecule has 0 amide bonds. The smallest absolute Gasteiger partial charge is 0.0793 e. The van der Waals surface area contributed by atoms with Gasteiger partial charge in [0.05, 0.1) is 11.7 Å². The van der Waals surface area contributed by atoms with E-state index in [2.05, 4.69) is 23.4 Å². The maximum absolute atomic E-state index is 4.50. The first kappa shape index (κ1) is 10.7. The Morgan fingerprint density at radius 3 is 2.87 bits per heavy atom. The van der Waals surface area contributed by atoms with Crippen molar-refractivity contribution in [3.8, 4) is 0 Å². The van der Waals surface area contributed by atoms with Crippen LogP contribution in [0.1, 0.15) is 44.3 Å². The lowest BCUT2D eigenvalue weighted by atomic mass is 9.80. The Kier molecular flexibility index (Phi) is 3.41. The van der Waals surface area contributed by atoms with Crippen molar-refractivity contribution in [1.29, 1.82) is 0 Å². The van der Waals surface area contributed by atoms with Gasteiger partial charge in [-0.2, -0.15) is 5.10 Å². The van der Waals surface area contributed by atoms with Gasteiger partial charge in [0.15, 0.2) is 0 Å². The normalized spacial score (nSPS) is 18.8. The number of hydrogen-bond acceptors (Lipinski definition) is 2. The third kappa shape index (κ3) is 2.59. The summed E-state index contributed by atoms with van der Waals surface area (Å²) in [6.07, 6.45) is 7.53. The van der Waals surface area contributed by atoms with Gasteiger partial charge in [-0.05, 0) is 24.9 Å². The molecule has 1 aliphatic rings. The Balaban J connectivity index is 1.97. The number of nitrogens with one attached hydrogen (secondary N) is 1. The van der Waals surface area contributed by atoms with Crippen molar-refractivity contribution in [2.75, 3.05) is 6.54 Å². The first-order chi connectivity index (χ1) is 7.29. The van der Waals surface area contributed by atoms with Gasteiger partial charge < -0.3 is 5.32 Å². The average molecular weight is 207 g/mol. The molecular formula is C12H21N3. The van der Waals surface area contributed by atoms with Crippen molar-refractivity contribution in [2.45, 2.75) is 38.6 Å². The molecule has 1 unspecified atom stereocenters. The second-order valence-electron chi connectivity index (χ2n) is 4.56. The van der Waals surface area contributed by atoms with Gasteiger partial charge in [-0.15, -0.1) is 0 Å². The number of nitrogens with zero attached hydrogens (tertiary/aromatic N) is 2. The van der Waals surface area contributed by atoms with E-state index < -0.39 is 0 Å². The van der Waals surface area contributed by atoms with Crippen molar-refractivity contribution < 1.29 is 0 Å². The van der Waals surface area contributed by atoms with Gasteiger partial charge in [0.1, 0.15) is 0 Å². The molecule has 3 heteroatoms. The molecule has 1 heterocycles. The number of hydrogen-bond donors (Lipinski definition) is 1. The number of rotatable bonds is 5. The van der Waals surface area contributed by atoms with Crippen molar-refractivity contribution >= 4 is 0 Å². The van der Waals surface area contributed by atoms with E-state index in [0.29, 0.717) is 6.04 Å².